The van der Waals surface area contributed by atoms with Gasteiger partial charge >= 0.3 is 0 Å². The van der Waals surface area contributed by atoms with Crippen molar-refractivity contribution in [1.82, 2.24) is 19.7 Å². The third-order valence-corrected chi connectivity index (χ3v) is 1.81. The molecule has 5 heteroatoms. The zero-order valence-corrected chi connectivity index (χ0v) is 6.96. The molecule has 1 atom stereocenters. The van der Waals surface area contributed by atoms with Gasteiger partial charge in [0, 0.05) is 11.9 Å². The molecule has 0 fully saturated rings. The summed E-state index contributed by atoms with van der Waals surface area (Å²) in [5.74, 6) is 0. The molecule has 2 heterocycles. The van der Waals surface area contributed by atoms with Crippen molar-refractivity contribution in [2.45, 2.75) is 12.6 Å². The van der Waals surface area contributed by atoms with Crippen LogP contribution in [0.25, 0.3) is 0 Å². The number of aromatic nitrogens is 4. The fourth-order valence-corrected chi connectivity index (χ4v) is 1.15. The van der Waals surface area contributed by atoms with Gasteiger partial charge in [0.15, 0.2) is 0 Å². The van der Waals surface area contributed by atoms with Crippen molar-refractivity contribution in [2.24, 2.45) is 0 Å². The van der Waals surface area contributed by atoms with Crippen molar-refractivity contribution in [3.8, 4) is 0 Å². The molecule has 0 saturated carbocycles. The average Bonchev–Trinajstić information content (AvgIpc) is 2.74. The number of aliphatic hydroxyl groups is 1. The van der Waals surface area contributed by atoms with Crippen LogP contribution < -0.4 is 0 Å². The van der Waals surface area contributed by atoms with Crippen molar-refractivity contribution in [1.29, 1.82) is 0 Å². The zero-order valence-electron chi connectivity index (χ0n) is 6.96. The lowest BCUT2D eigenvalue weighted by Gasteiger charge is -2.07. The Hall–Kier alpha value is -1.62. The minimum Gasteiger partial charge on any atom is -0.385 e. The molecule has 0 aliphatic rings. The lowest BCUT2D eigenvalue weighted by atomic mass is 10.2. The molecule has 2 aromatic rings. The van der Waals surface area contributed by atoms with Crippen LogP contribution in [0, 0.1) is 0 Å². The molecular formula is C8H10N4O. The molecule has 0 saturated heterocycles. The second-order valence-corrected chi connectivity index (χ2v) is 2.76. The van der Waals surface area contributed by atoms with Gasteiger partial charge in [-0.1, -0.05) is 0 Å². The summed E-state index contributed by atoms with van der Waals surface area (Å²) >= 11 is 0. The van der Waals surface area contributed by atoms with E-state index in [1.165, 1.54) is 6.33 Å². The molecule has 0 aliphatic heterocycles. The lowest BCUT2D eigenvalue weighted by Crippen LogP contribution is -2.09. The minimum atomic E-state index is -0.559. The number of nitrogens with zero attached hydrogens (tertiary/aromatic N) is 3. The van der Waals surface area contributed by atoms with Crippen molar-refractivity contribution in [3.63, 3.8) is 0 Å². The predicted octanol–water partition coefficient (Wildman–Crippen LogP) is 0.340. The molecule has 0 bridgehead atoms. The maximum absolute atomic E-state index is 9.66. The summed E-state index contributed by atoms with van der Waals surface area (Å²) in [5.41, 5.74) is 0.788. The third-order valence-electron chi connectivity index (χ3n) is 1.81. The van der Waals surface area contributed by atoms with Gasteiger partial charge in [-0.2, -0.15) is 5.10 Å². The molecule has 0 radical (unpaired) electrons. The average molecular weight is 178 g/mol. The second kappa shape index (κ2) is 3.40. The summed E-state index contributed by atoms with van der Waals surface area (Å²) in [5, 5.41) is 13.6. The summed E-state index contributed by atoms with van der Waals surface area (Å²) in [6, 6.07) is 3.68. The maximum atomic E-state index is 9.66. The van der Waals surface area contributed by atoms with Gasteiger partial charge < -0.3 is 10.1 Å². The first kappa shape index (κ1) is 8.00. The predicted molar refractivity (Wildman–Crippen MR) is 45.8 cm³/mol. The molecule has 0 amide bonds. The first-order chi connectivity index (χ1) is 6.36. The summed E-state index contributed by atoms with van der Waals surface area (Å²) in [7, 11) is 0. The number of hydrogen-bond donors (Lipinski definition) is 2. The van der Waals surface area contributed by atoms with Crippen LogP contribution in [0.4, 0.5) is 0 Å². The third kappa shape index (κ3) is 1.75. The summed E-state index contributed by atoms with van der Waals surface area (Å²) in [6.45, 7) is 0.417. The monoisotopic (exact) mass is 178 g/mol. The van der Waals surface area contributed by atoms with Crippen LogP contribution >= 0.6 is 0 Å². The molecule has 13 heavy (non-hydrogen) atoms. The van der Waals surface area contributed by atoms with E-state index < -0.39 is 6.10 Å². The number of H-pyrrole nitrogens is 1. The highest BCUT2D eigenvalue weighted by Crippen LogP contribution is 2.10. The molecular weight excluding hydrogens is 168 g/mol. The van der Waals surface area contributed by atoms with Crippen molar-refractivity contribution in [3.05, 3.63) is 36.7 Å². The van der Waals surface area contributed by atoms with E-state index in [1.54, 1.807) is 17.2 Å². The van der Waals surface area contributed by atoms with Gasteiger partial charge in [-0.15, -0.1) is 0 Å². The molecule has 0 spiro atoms. The Kier molecular flexibility index (Phi) is 2.09. The van der Waals surface area contributed by atoms with Crippen LogP contribution in [-0.4, -0.2) is 24.9 Å². The standard InChI is InChI=1S/C8H10N4O/c13-8(7-2-1-3-10-7)4-12-6-9-5-11-12/h1-3,5-6,8,10,13H,4H2. The van der Waals surface area contributed by atoms with Gasteiger partial charge in [-0.3, -0.25) is 0 Å². The Morgan fingerprint density at radius 2 is 2.54 bits per heavy atom. The Bertz CT molecular complexity index is 340. The summed E-state index contributed by atoms with van der Waals surface area (Å²) in [4.78, 5) is 6.72. The van der Waals surface area contributed by atoms with Crippen molar-refractivity contribution in [2.75, 3.05) is 0 Å². The Balaban J connectivity index is 2.04. The fraction of sp³-hybridized carbons (Fsp3) is 0.250. The van der Waals surface area contributed by atoms with Crippen LogP contribution in [0.15, 0.2) is 31.0 Å². The fourth-order valence-electron chi connectivity index (χ4n) is 1.15. The van der Waals surface area contributed by atoms with E-state index in [2.05, 4.69) is 15.1 Å². The number of hydrogen-bond acceptors (Lipinski definition) is 3. The Morgan fingerprint density at radius 3 is 3.15 bits per heavy atom. The van der Waals surface area contributed by atoms with Gasteiger partial charge in [-0.25, -0.2) is 9.67 Å². The first-order valence-corrected chi connectivity index (χ1v) is 4.00. The summed E-state index contributed by atoms with van der Waals surface area (Å²) in [6.07, 6.45) is 4.24. The van der Waals surface area contributed by atoms with E-state index in [4.69, 9.17) is 0 Å². The van der Waals surface area contributed by atoms with Gasteiger partial charge in [0.2, 0.25) is 0 Å². The molecule has 5 nitrogen and oxygen atoms in total. The highest BCUT2D eigenvalue weighted by atomic mass is 16.3. The lowest BCUT2D eigenvalue weighted by molar-refractivity contribution is 0.147. The van der Waals surface area contributed by atoms with E-state index in [1.807, 2.05) is 12.1 Å². The van der Waals surface area contributed by atoms with E-state index in [-0.39, 0.29) is 0 Å². The molecule has 2 aromatic heterocycles. The van der Waals surface area contributed by atoms with Gasteiger partial charge in [0.05, 0.1) is 6.54 Å². The molecule has 0 aromatic carbocycles. The first-order valence-electron chi connectivity index (χ1n) is 4.00. The van der Waals surface area contributed by atoms with Crippen LogP contribution in [0.5, 0.6) is 0 Å². The van der Waals surface area contributed by atoms with Crippen molar-refractivity contribution >= 4 is 0 Å². The topological polar surface area (TPSA) is 66.7 Å². The van der Waals surface area contributed by atoms with Gasteiger partial charge in [0.1, 0.15) is 18.8 Å². The molecule has 2 N–H and O–H groups in total. The minimum absolute atomic E-state index is 0.417. The second-order valence-electron chi connectivity index (χ2n) is 2.76. The SMILES string of the molecule is OC(Cn1cncn1)c1ccc[nH]1. The van der Waals surface area contributed by atoms with Crippen molar-refractivity contribution < 1.29 is 5.11 Å². The quantitative estimate of drug-likeness (QED) is 0.712. The Labute approximate surface area is 75.0 Å². The molecule has 0 aliphatic carbocycles. The largest absolute Gasteiger partial charge is 0.385 e. The van der Waals surface area contributed by atoms with E-state index >= 15 is 0 Å². The zero-order chi connectivity index (χ0) is 9.10. The normalized spacial score (nSPS) is 13.0. The van der Waals surface area contributed by atoms with E-state index in [9.17, 15) is 5.11 Å². The number of rotatable bonds is 3. The smallest absolute Gasteiger partial charge is 0.137 e. The highest BCUT2D eigenvalue weighted by molar-refractivity contribution is 5.06. The highest BCUT2D eigenvalue weighted by Gasteiger charge is 2.08. The number of aliphatic hydroxyl groups excluding tert-OH is 1. The maximum Gasteiger partial charge on any atom is 0.137 e. The molecule has 1 unspecified atom stereocenters. The molecule has 2 rings (SSSR count). The van der Waals surface area contributed by atoms with Crippen LogP contribution in [-0.2, 0) is 6.54 Å². The molecule has 68 valence electrons. The van der Waals surface area contributed by atoms with Gasteiger partial charge in [-0.05, 0) is 12.1 Å². The number of aromatic amines is 1. The summed E-state index contributed by atoms with van der Waals surface area (Å²) < 4.78 is 1.59. The van der Waals surface area contributed by atoms with E-state index in [0.29, 0.717) is 6.54 Å². The van der Waals surface area contributed by atoms with Gasteiger partial charge in [0.25, 0.3) is 0 Å². The number of nitrogens with one attached hydrogen (secondary N) is 1. The Morgan fingerprint density at radius 1 is 1.62 bits per heavy atom. The van der Waals surface area contributed by atoms with Crippen LogP contribution in [0.2, 0.25) is 0 Å². The van der Waals surface area contributed by atoms with Crippen LogP contribution in [0.1, 0.15) is 11.8 Å². The van der Waals surface area contributed by atoms with Crippen LogP contribution in [0.3, 0.4) is 0 Å². The van der Waals surface area contributed by atoms with E-state index in [0.717, 1.165) is 5.69 Å².